The van der Waals surface area contributed by atoms with Crippen molar-refractivity contribution in [2.24, 2.45) is 4.99 Å². The van der Waals surface area contributed by atoms with Crippen LogP contribution in [-0.2, 0) is 11.3 Å². The molecule has 0 aromatic heterocycles. The monoisotopic (exact) mass is 439 g/mol. The van der Waals surface area contributed by atoms with Crippen molar-refractivity contribution >= 4 is 17.7 Å². The van der Waals surface area contributed by atoms with Crippen LogP contribution < -0.4 is 20.7 Å². The van der Waals surface area contributed by atoms with E-state index in [9.17, 15) is 4.79 Å². The van der Waals surface area contributed by atoms with Gasteiger partial charge < -0.3 is 20.1 Å². The van der Waals surface area contributed by atoms with Crippen molar-refractivity contribution in [2.45, 2.75) is 25.4 Å². The van der Waals surface area contributed by atoms with Gasteiger partial charge in [0.05, 0.1) is 20.3 Å². The van der Waals surface area contributed by atoms with Gasteiger partial charge in [-0.1, -0.05) is 30.3 Å². The topological polar surface area (TPSA) is 87.2 Å². The number of hydrogen-bond acceptors (Lipinski definition) is 5. The maximum Gasteiger partial charge on any atom is 0.411 e. The highest BCUT2D eigenvalue weighted by atomic mass is 16.5. The maximum atomic E-state index is 11.3. The van der Waals surface area contributed by atoms with Gasteiger partial charge in [-0.25, -0.2) is 4.79 Å². The minimum atomic E-state index is -0.483. The van der Waals surface area contributed by atoms with E-state index in [2.05, 4.69) is 42.7 Å². The van der Waals surface area contributed by atoms with Crippen LogP contribution in [0, 0.1) is 0 Å². The summed E-state index contributed by atoms with van der Waals surface area (Å²) in [4.78, 5) is 18.2. The molecule has 172 valence electrons. The number of ether oxygens (including phenoxy) is 2. The molecule has 0 aliphatic carbocycles. The summed E-state index contributed by atoms with van der Waals surface area (Å²) < 4.78 is 10.2. The first-order valence-corrected chi connectivity index (χ1v) is 10.9. The highest BCUT2D eigenvalue weighted by molar-refractivity contribution is 5.84. The lowest BCUT2D eigenvalue weighted by Gasteiger charge is -2.30. The zero-order chi connectivity index (χ0) is 22.8. The first kappa shape index (κ1) is 23.4. The molecular formula is C24H33N5O3. The molecule has 1 saturated heterocycles. The maximum absolute atomic E-state index is 11.3. The van der Waals surface area contributed by atoms with Crippen LogP contribution in [0.5, 0.6) is 5.75 Å². The number of nitrogens with one attached hydrogen (secondary N) is 3. The number of aliphatic imine (C=N–C) groups is 1. The number of anilines is 1. The second-order valence-corrected chi connectivity index (χ2v) is 7.62. The minimum Gasteiger partial charge on any atom is -0.496 e. The van der Waals surface area contributed by atoms with Crippen LogP contribution in [0.25, 0.3) is 0 Å². The van der Waals surface area contributed by atoms with Crippen LogP contribution in [0.15, 0.2) is 53.5 Å². The molecule has 1 atom stereocenters. The third-order valence-corrected chi connectivity index (χ3v) is 5.61. The van der Waals surface area contributed by atoms with E-state index >= 15 is 0 Å². The van der Waals surface area contributed by atoms with Crippen molar-refractivity contribution in [1.29, 1.82) is 0 Å². The molecule has 0 bridgehead atoms. The fraction of sp³-hybridized carbons (Fsp3) is 0.417. The van der Waals surface area contributed by atoms with Crippen LogP contribution in [0.1, 0.15) is 30.0 Å². The molecule has 32 heavy (non-hydrogen) atoms. The predicted molar refractivity (Wildman–Crippen MR) is 127 cm³/mol. The number of para-hydroxylation sites is 1. The zero-order valence-corrected chi connectivity index (χ0v) is 19.1. The van der Waals surface area contributed by atoms with E-state index in [-0.39, 0.29) is 6.04 Å². The molecule has 1 unspecified atom stereocenters. The molecule has 1 amide bonds. The fourth-order valence-corrected chi connectivity index (χ4v) is 3.91. The number of hydrogen-bond donors (Lipinski definition) is 3. The number of methoxy groups -OCH3 is 2. The third kappa shape index (κ3) is 6.37. The molecule has 3 N–H and O–H groups in total. The number of amides is 1. The lowest BCUT2D eigenvalue weighted by Crippen LogP contribution is -2.42. The Bertz CT molecular complexity index is 895. The average molecular weight is 440 g/mol. The van der Waals surface area contributed by atoms with Crippen LogP contribution in [0.3, 0.4) is 0 Å². The number of nitrogens with zero attached hydrogens (tertiary/aromatic N) is 2. The van der Waals surface area contributed by atoms with E-state index < -0.39 is 6.09 Å². The summed E-state index contributed by atoms with van der Waals surface area (Å²) in [5, 5.41) is 9.49. The molecule has 8 heteroatoms. The summed E-state index contributed by atoms with van der Waals surface area (Å²) in [7, 11) is 4.83. The summed E-state index contributed by atoms with van der Waals surface area (Å²) in [5.41, 5.74) is 2.95. The van der Waals surface area contributed by atoms with Gasteiger partial charge in [-0.15, -0.1) is 0 Å². The quantitative estimate of drug-likeness (QED) is 0.432. The Morgan fingerprint density at radius 3 is 2.44 bits per heavy atom. The van der Waals surface area contributed by atoms with Crippen LogP contribution in [-0.4, -0.2) is 57.9 Å². The van der Waals surface area contributed by atoms with Gasteiger partial charge in [0.15, 0.2) is 5.96 Å². The molecular weight excluding hydrogens is 406 g/mol. The van der Waals surface area contributed by atoms with Gasteiger partial charge in [0, 0.05) is 31.4 Å². The molecule has 1 heterocycles. The molecule has 1 aliphatic rings. The van der Waals surface area contributed by atoms with E-state index in [0.29, 0.717) is 12.2 Å². The zero-order valence-electron chi connectivity index (χ0n) is 19.1. The SMILES string of the molecule is CN=C(NCc1ccc(NC(=O)OC)cc1)NCC(c1ccccc1OC)N1CCCC1. The number of guanidine groups is 1. The molecule has 2 aromatic rings. The summed E-state index contributed by atoms with van der Waals surface area (Å²) in [6, 6.07) is 16.0. The molecule has 2 aromatic carbocycles. The number of likely N-dealkylation sites (tertiary alicyclic amines) is 1. The standard InChI is InChI=1S/C24H33N5O3/c1-25-23(26-16-18-10-12-19(13-11-18)28-24(30)32-3)27-17-21(29-14-6-7-15-29)20-8-4-5-9-22(20)31-2/h4-5,8-13,21H,6-7,14-17H2,1-3H3,(H,28,30)(H2,25,26,27). The summed E-state index contributed by atoms with van der Waals surface area (Å²) in [6.07, 6.45) is 1.96. The van der Waals surface area contributed by atoms with Gasteiger partial charge in [-0.2, -0.15) is 0 Å². The van der Waals surface area contributed by atoms with Gasteiger partial charge in [0.1, 0.15) is 5.75 Å². The largest absolute Gasteiger partial charge is 0.496 e. The number of rotatable bonds is 8. The summed E-state index contributed by atoms with van der Waals surface area (Å²) in [5.74, 6) is 1.65. The normalized spacial score (nSPS) is 15.2. The van der Waals surface area contributed by atoms with E-state index in [1.54, 1.807) is 14.2 Å². The van der Waals surface area contributed by atoms with E-state index in [1.165, 1.54) is 25.5 Å². The minimum absolute atomic E-state index is 0.205. The molecule has 0 spiro atoms. The van der Waals surface area contributed by atoms with Crippen molar-refractivity contribution in [2.75, 3.05) is 46.2 Å². The number of carbonyl (C=O) groups excluding carboxylic acids is 1. The molecule has 3 rings (SSSR count). The highest BCUT2D eigenvalue weighted by Crippen LogP contribution is 2.31. The van der Waals surface area contributed by atoms with Gasteiger partial charge in [-0.05, 0) is 49.7 Å². The fourth-order valence-electron chi connectivity index (χ4n) is 3.91. The molecule has 1 aliphatic heterocycles. The number of carbonyl (C=O) groups is 1. The van der Waals surface area contributed by atoms with E-state index in [4.69, 9.17) is 4.74 Å². The Labute approximate surface area is 190 Å². The first-order valence-electron chi connectivity index (χ1n) is 10.9. The molecule has 0 saturated carbocycles. The Balaban J connectivity index is 1.59. The lowest BCUT2D eigenvalue weighted by atomic mass is 10.0. The Hall–Kier alpha value is -3.26. The first-order chi connectivity index (χ1) is 15.6. The second kappa shape index (κ2) is 12.0. The summed E-state index contributed by atoms with van der Waals surface area (Å²) in [6.45, 7) is 3.51. The average Bonchev–Trinajstić information content (AvgIpc) is 3.37. The lowest BCUT2D eigenvalue weighted by molar-refractivity contribution is 0.187. The Morgan fingerprint density at radius 2 is 1.78 bits per heavy atom. The van der Waals surface area contributed by atoms with Gasteiger partial charge >= 0.3 is 6.09 Å². The smallest absolute Gasteiger partial charge is 0.411 e. The second-order valence-electron chi connectivity index (χ2n) is 7.62. The Morgan fingerprint density at radius 1 is 1.06 bits per heavy atom. The van der Waals surface area contributed by atoms with Crippen molar-refractivity contribution in [3.63, 3.8) is 0 Å². The molecule has 1 fully saturated rings. The van der Waals surface area contributed by atoms with Crippen LogP contribution in [0.2, 0.25) is 0 Å². The Kier molecular flexibility index (Phi) is 8.74. The van der Waals surface area contributed by atoms with Crippen molar-refractivity contribution in [3.05, 3.63) is 59.7 Å². The number of benzene rings is 2. The van der Waals surface area contributed by atoms with Crippen LogP contribution in [0.4, 0.5) is 10.5 Å². The van der Waals surface area contributed by atoms with Crippen LogP contribution >= 0.6 is 0 Å². The van der Waals surface area contributed by atoms with E-state index in [0.717, 1.165) is 36.9 Å². The van der Waals surface area contributed by atoms with Gasteiger partial charge in [-0.3, -0.25) is 15.2 Å². The summed E-state index contributed by atoms with van der Waals surface area (Å²) >= 11 is 0. The molecule has 0 radical (unpaired) electrons. The van der Waals surface area contributed by atoms with Crippen molar-refractivity contribution in [3.8, 4) is 5.75 Å². The highest BCUT2D eigenvalue weighted by Gasteiger charge is 2.26. The van der Waals surface area contributed by atoms with Crippen molar-refractivity contribution in [1.82, 2.24) is 15.5 Å². The molecule has 8 nitrogen and oxygen atoms in total. The van der Waals surface area contributed by atoms with Crippen molar-refractivity contribution < 1.29 is 14.3 Å². The predicted octanol–water partition coefficient (Wildman–Crippen LogP) is 3.38. The van der Waals surface area contributed by atoms with Gasteiger partial charge in [0.25, 0.3) is 0 Å². The third-order valence-electron chi connectivity index (χ3n) is 5.61. The van der Waals surface area contributed by atoms with Gasteiger partial charge in [0.2, 0.25) is 0 Å². The van der Waals surface area contributed by atoms with E-state index in [1.807, 2.05) is 36.4 Å².